The van der Waals surface area contributed by atoms with Gasteiger partial charge in [-0.3, -0.25) is 9.59 Å². The van der Waals surface area contributed by atoms with E-state index in [2.05, 4.69) is 10.6 Å². The second kappa shape index (κ2) is 9.90. The first-order valence-electron chi connectivity index (χ1n) is 10.0. The van der Waals surface area contributed by atoms with Crippen LogP contribution in [0.1, 0.15) is 37.0 Å². The Balaban J connectivity index is 1.53. The lowest BCUT2D eigenvalue weighted by atomic mass is 10.0. The van der Waals surface area contributed by atoms with Crippen molar-refractivity contribution in [3.63, 3.8) is 0 Å². The van der Waals surface area contributed by atoms with Crippen LogP contribution in [0.25, 0.3) is 0 Å². The molecule has 0 unspecified atom stereocenters. The third-order valence-electron chi connectivity index (χ3n) is 5.17. The Morgan fingerprint density at radius 2 is 1.83 bits per heavy atom. The van der Waals surface area contributed by atoms with Crippen molar-refractivity contribution >= 4 is 21.8 Å². The molecule has 0 saturated carbocycles. The first-order valence-corrected chi connectivity index (χ1v) is 11.5. The van der Waals surface area contributed by atoms with Crippen molar-refractivity contribution in [1.82, 2.24) is 14.9 Å². The fourth-order valence-electron chi connectivity index (χ4n) is 3.52. The monoisotopic (exact) mass is 433 g/mol. The third kappa shape index (κ3) is 5.48. The predicted octanol–water partition coefficient (Wildman–Crippen LogP) is 1.95. The van der Waals surface area contributed by atoms with Crippen LogP contribution in [0.5, 0.6) is 0 Å². The number of nitrogens with zero attached hydrogens (tertiary/aromatic N) is 1. The zero-order valence-electron chi connectivity index (χ0n) is 17.0. The Hall–Kier alpha value is -2.65. The highest BCUT2D eigenvalue weighted by Crippen LogP contribution is 2.27. The van der Waals surface area contributed by atoms with Gasteiger partial charge in [0.2, 0.25) is 10.0 Å². The van der Waals surface area contributed by atoms with Crippen LogP contribution in [0.15, 0.2) is 52.0 Å². The molecule has 2 amide bonds. The van der Waals surface area contributed by atoms with Gasteiger partial charge in [0.15, 0.2) is 0 Å². The average Bonchev–Trinajstić information content (AvgIpc) is 3.26. The van der Waals surface area contributed by atoms with Crippen LogP contribution in [-0.4, -0.2) is 43.7 Å². The number of rotatable bonds is 7. The quantitative estimate of drug-likeness (QED) is 0.649. The Morgan fingerprint density at radius 1 is 1.10 bits per heavy atom. The molecule has 1 aliphatic heterocycles. The van der Waals surface area contributed by atoms with Crippen molar-refractivity contribution in [3.05, 3.63) is 54.0 Å². The van der Waals surface area contributed by atoms with Gasteiger partial charge in [-0.1, -0.05) is 24.1 Å². The molecule has 1 aliphatic rings. The molecule has 1 aromatic heterocycles. The van der Waals surface area contributed by atoms with Gasteiger partial charge in [-0.2, -0.15) is 4.31 Å². The van der Waals surface area contributed by atoms with Crippen LogP contribution in [0.2, 0.25) is 0 Å². The molecule has 0 bridgehead atoms. The summed E-state index contributed by atoms with van der Waals surface area (Å²) in [6, 6.07) is 10.0. The molecule has 0 spiro atoms. The zero-order valence-corrected chi connectivity index (χ0v) is 17.8. The molecule has 162 valence electrons. The minimum absolute atomic E-state index is 0.129. The maximum atomic E-state index is 13.1. The van der Waals surface area contributed by atoms with E-state index in [9.17, 15) is 18.0 Å². The Bertz CT molecular complexity index is 955. The largest absolute Gasteiger partial charge is 0.467 e. The van der Waals surface area contributed by atoms with Crippen molar-refractivity contribution in [1.29, 1.82) is 0 Å². The van der Waals surface area contributed by atoms with Crippen molar-refractivity contribution in [3.8, 4) is 0 Å². The highest BCUT2D eigenvalue weighted by molar-refractivity contribution is 7.89. The lowest BCUT2D eigenvalue weighted by Crippen LogP contribution is -2.46. The maximum absolute atomic E-state index is 13.1. The summed E-state index contributed by atoms with van der Waals surface area (Å²) in [4.78, 5) is 24.2. The zero-order chi connectivity index (χ0) is 21.6. The van der Waals surface area contributed by atoms with E-state index in [4.69, 9.17) is 4.42 Å². The smallest absolute Gasteiger partial charge is 0.309 e. The molecular formula is C21H27N3O5S. The summed E-state index contributed by atoms with van der Waals surface area (Å²) in [5.74, 6) is -0.945. The maximum Gasteiger partial charge on any atom is 0.309 e. The number of nitrogens with one attached hydrogen (secondary N) is 2. The predicted molar refractivity (Wildman–Crippen MR) is 111 cm³/mol. The molecule has 30 heavy (non-hydrogen) atoms. The fraction of sp³-hybridized carbons (Fsp3) is 0.429. The number of sulfonamides is 1. The van der Waals surface area contributed by atoms with Crippen molar-refractivity contribution < 1.29 is 22.4 Å². The molecule has 8 nitrogen and oxygen atoms in total. The number of carbonyl (C=O) groups is 2. The normalized spacial score (nSPS) is 17.4. The van der Waals surface area contributed by atoms with Gasteiger partial charge in [0, 0.05) is 19.1 Å². The van der Waals surface area contributed by atoms with Crippen LogP contribution < -0.4 is 10.6 Å². The van der Waals surface area contributed by atoms with Gasteiger partial charge in [-0.15, -0.1) is 0 Å². The molecular weight excluding hydrogens is 406 g/mol. The number of hydrogen-bond donors (Lipinski definition) is 2. The van der Waals surface area contributed by atoms with Gasteiger partial charge in [-0.05, 0) is 50.5 Å². The Labute approximate surface area is 176 Å². The molecule has 2 heterocycles. The topological polar surface area (TPSA) is 109 Å². The van der Waals surface area contributed by atoms with Crippen LogP contribution in [0, 0.1) is 6.92 Å². The Morgan fingerprint density at radius 3 is 2.53 bits per heavy atom. The average molecular weight is 434 g/mol. The number of piperidine rings is 1. The molecule has 2 N–H and O–H groups in total. The lowest BCUT2D eigenvalue weighted by Gasteiger charge is -2.34. The van der Waals surface area contributed by atoms with E-state index in [1.54, 1.807) is 36.4 Å². The Kier molecular flexibility index (Phi) is 7.28. The first kappa shape index (κ1) is 22.0. The summed E-state index contributed by atoms with van der Waals surface area (Å²) in [6.07, 6.45) is 4.40. The van der Waals surface area contributed by atoms with Crippen LogP contribution >= 0.6 is 0 Å². The van der Waals surface area contributed by atoms with Crippen LogP contribution in [0.4, 0.5) is 0 Å². The van der Waals surface area contributed by atoms with Crippen LogP contribution in [0.3, 0.4) is 0 Å². The van der Waals surface area contributed by atoms with Crippen LogP contribution in [-0.2, 0) is 26.2 Å². The van der Waals surface area contributed by atoms with Gasteiger partial charge >= 0.3 is 11.8 Å². The van der Waals surface area contributed by atoms with Crippen molar-refractivity contribution in [2.45, 2.75) is 50.1 Å². The SMILES string of the molecule is Cc1ccc(S(=O)(=O)N2CCCC[C@H]2CCNC(=O)C(=O)NCc2ccco2)cc1. The molecule has 0 radical (unpaired) electrons. The number of amides is 2. The number of carbonyl (C=O) groups excluding carboxylic acids is 2. The molecule has 2 aromatic rings. The van der Waals surface area contributed by atoms with Gasteiger partial charge < -0.3 is 15.1 Å². The molecule has 1 atom stereocenters. The summed E-state index contributed by atoms with van der Waals surface area (Å²) in [6.45, 7) is 2.72. The van der Waals surface area contributed by atoms with E-state index in [1.165, 1.54) is 10.6 Å². The van der Waals surface area contributed by atoms with E-state index in [-0.39, 0.29) is 24.0 Å². The highest BCUT2D eigenvalue weighted by atomic mass is 32.2. The number of hydrogen-bond acceptors (Lipinski definition) is 5. The van der Waals surface area contributed by atoms with E-state index in [0.29, 0.717) is 18.7 Å². The number of benzene rings is 1. The van der Waals surface area contributed by atoms with E-state index in [0.717, 1.165) is 24.8 Å². The van der Waals surface area contributed by atoms with E-state index in [1.807, 2.05) is 6.92 Å². The summed E-state index contributed by atoms with van der Waals surface area (Å²) < 4.78 is 32.8. The van der Waals surface area contributed by atoms with Crippen molar-refractivity contribution in [2.75, 3.05) is 13.1 Å². The minimum Gasteiger partial charge on any atom is -0.467 e. The van der Waals surface area contributed by atoms with Gasteiger partial charge in [0.1, 0.15) is 5.76 Å². The second-order valence-corrected chi connectivity index (χ2v) is 9.28. The number of furan rings is 1. The van der Waals surface area contributed by atoms with Gasteiger partial charge in [-0.25, -0.2) is 8.42 Å². The van der Waals surface area contributed by atoms with Gasteiger partial charge in [0.05, 0.1) is 17.7 Å². The van der Waals surface area contributed by atoms with E-state index >= 15 is 0 Å². The molecule has 9 heteroatoms. The fourth-order valence-corrected chi connectivity index (χ4v) is 5.24. The lowest BCUT2D eigenvalue weighted by molar-refractivity contribution is -0.139. The molecule has 1 saturated heterocycles. The first-order chi connectivity index (χ1) is 14.4. The molecule has 3 rings (SSSR count). The highest BCUT2D eigenvalue weighted by Gasteiger charge is 2.33. The standard InChI is InChI=1S/C21H27N3O5S/c1-16-7-9-19(10-8-16)30(27,28)24-13-3-2-5-17(24)11-12-22-20(25)21(26)23-15-18-6-4-14-29-18/h4,6-10,14,17H,2-3,5,11-13,15H2,1H3,(H,22,25)(H,23,26)/t17-/m0/s1. The molecule has 0 aliphatic carbocycles. The second-order valence-electron chi connectivity index (χ2n) is 7.39. The summed E-state index contributed by atoms with van der Waals surface area (Å²) >= 11 is 0. The van der Waals surface area contributed by atoms with Gasteiger partial charge in [0.25, 0.3) is 0 Å². The third-order valence-corrected chi connectivity index (χ3v) is 7.14. The summed E-state index contributed by atoms with van der Waals surface area (Å²) in [5, 5.41) is 5.06. The minimum atomic E-state index is -3.60. The summed E-state index contributed by atoms with van der Waals surface area (Å²) in [5.41, 5.74) is 0.997. The number of aryl methyl sites for hydroxylation is 1. The van der Waals surface area contributed by atoms with E-state index < -0.39 is 21.8 Å². The van der Waals surface area contributed by atoms with Crippen molar-refractivity contribution in [2.24, 2.45) is 0 Å². The molecule has 1 aromatic carbocycles. The summed E-state index contributed by atoms with van der Waals surface area (Å²) in [7, 11) is -3.60. The molecule has 1 fully saturated rings.